The molecule has 142 valence electrons. The number of ether oxygens (including phenoxy) is 1. The topological polar surface area (TPSA) is 51.2 Å². The van der Waals surface area contributed by atoms with E-state index >= 15 is 0 Å². The van der Waals surface area contributed by atoms with E-state index in [1.807, 2.05) is 47.8 Å². The number of hydrogen-bond donors (Lipinski definition) is 1. The Morgan fingerprint density at radius 1 is 0.897 bits per heavy atom. The number of para-hydroxylation sites is 1. The molecule has 0 aliphatic carbocycles. The first-order valence-electron chi connectivity index (χ1n) is 9.43. The number of carbonyl (C=O) groups is 1. The number of rotatable bonds is 4. The lowest BCUT2D eigenvalue weighted by molar-refractivity contribution is -0.122. The van der Waals surface area contributed by atoms with E-state index in [2.05, 4.69) is 46.7 Å². The summed E-state index contributed by atoms with van der Waals surface area (Å²) in [4.78, 5) is 17.1. The first-order chi connectivity index (χ1) is 14.3. The molecule has 1 N–H and O–H groups in total. The summed E-state index contributed by atoms with van der Waals surface area (Å²) in [5.41, 5.74) is 5.27. The van der Waals surface area contributed by atoms with E-state index < -0.39 is 6.10 Å². The normalized spacial score (nSPS) is 14.8. The molecule has 4 nitrogen and oxygen atoms in total. The number of carbonyl (C=O) groups excluding carboxylic acids is 1. The average molecular weight is 398 g/mol. The van der Waals surface area contributed by atoms with Crippen molar-refractivity contribution in [2.45, 2.75) is 12.5 Å². The molecule has 0 radical (unpaired) electrons. The summed E-state index contributed by atoms with van der Waals surface area (Å²) in [6.07, 6.45) is 0.0752. The highest BCUT2D eigenvalue weighted by molar-refractivity contribution is 7.14. The van der Waals surface area contributed by atoms with Gasteiger partial charge in [0, 0.05) is 17.4 Å². The molecule has 1 amide bonds. The molecular formula is C24H18N2O2S. The lowest BCUT2D eigenvalue weighted by Gasteiger charge is -2.09. The van der Waals surface area contributed by atoms with Gasteiger partial charge in [0.1, 0.15) is 5.75 Å². The Labute approximate surface area is 172 Å². The summed E-state index contributed by atoms with van der Waals surface area (Å²) < 4.78 is 5.75. The third-order valence-electron chi connectivity index (χ3n) is 4.96. The standard InChI is InChI=1S/C24H18N2O2S/c27-23(22-14-19-8-4-5-9-21(19)28-22)26-24-25-20(15-29-24)18-12-10-17(11-13-18)16-6-2-1-3-7-16/h1-13,15,22H,14H2,(H,25,26,27). The van der Waals surface area contributed by atoms with Crippen LogP contribution in [0.15, 0.2) is 84.2 Å². The molecule has 0 saturated heterocycles. The number of thiazole rings is 1. The number of nitrogens with one attached hydrogen (secondary N) is 1. The van der Waals surface area contributed by atoms with E-state index in [4.69, 9.17) is 4.74 Å². The van der Waals surface area contributed by atoms with Crippen molar-refractivity contribution in [1.82, 2.24) is 4.98 Å². The van der Waals surface area contributed by atoms with Gasteiger partial charge in [0.05, 0.1) is 5.69 Å². The highest BCUT2D eigenvalue weighted by Gasteiger charge is 2.29. The van der Waals surface area contributed by atoms with Crippen LogP contribution in [0.4, 0.5) is 5.13 Å². The molecular weight excluding hydrogens is 380 g/mol. The Bertz CT molecular complexity index is 1130. The summed E-state index contributed by atoms with van der Waals surface area (Å²) in [5.74, 6) is 0.618. The number of anilines is 1. The van der Waals surface area contributed by atoms with E-state index in [1.54, 1.807) is 0 Å². The van der Waals surface area contributed by atoms with Crippen LogP contribution in [0.3, 0.4) is 0 Å². The molecule has 0 bridgehead atoms. The van der Waals surface area contributed by atoms with E-state index in [-0.39, 0.29) is 5.91 Å². The van der Waals surface area contributed by atoms with Gasteiger partial charge < -0.3 is 4.74 Å². The van der Waals surface area contributed by atoms with Gasteiger partial charge in [-0.1, -0.05) is 72.8 Å². The highest BCUT2D eigenvalue weighted by Crippen LogP contribution is 2.30. The third kappa shape index (κ3) is 3.65. The van der Waals surface area contributed by atoms with E-state index in [0.29, 0.717) is 11.6 Å². The monoisotopic (exact) mass is 398 g/mol. The molecule has 1 aromatic heterocycles. The largest absolute Gasteiger partial charge is 0.480 e. The van der Waals surface area contributed by atoms with Crippen molar-refractivity contribution in [2.24, 2.45) is 0 Å². The fourth-order valence-electron chi connectivity index (χ4n) is 3.44. The first-order valence-corrected chi connectivity index (χ1v) is 10.3. The average Bonchev–Trinajstić information content (AvgIpc) is 3.41. The van der Waals surface area contributed by atoms with Gasteiger partial charge in [-0.3, -0.25) is 10.1 Å². The fourth-order valence-corrected chi connectivity index (χ4v) is 4.16. The van der Waals surface area contributed by atoms with Gasteiger partial charge in [0.15, 0.2) is 11.2 Å². The van der Waals surface area contributed by atoms with E-state index in [0.717, 1.165) is 28.1 Å². The number of benzene rings is 3. The van der Waals surface area contributed by atoms with Gasteiger partial charge in [-0.15, -0.1) is 11.3 Å². The molecule has 0 fully saturated rings. The lowest BCUT2D eigenvalue weighted by atomic mass is 10.0. The van der Waals surface area contributed by atoms with Crippen molar-refractivity contribution < 1.29 is 9.53 Å². The molecule has 1 aliphatic heterocycles. The van der Waals surface area contributed by atoms with Crippen LogP contribution in [-0.4, -0.2) is 17.0 Å². The summed E-state index contributed by atoms with van der Waals surface area (Å²) in [7, 11) is 0. The summed E-state index contributed by atoms with van der Waals surface area (Å²) in [5, 5.41) is 5.43. The molecule has 2 heterocycles. The van der Waals surface area contributed by atoms with Gasteiger partial charge in [0.2, 0.25) is 0 Å². The van der Waals surface area contributed by atoms with Crippen molar-refractivity contribution in [2.75, 3.05) is 5.32 Å². The van der Waals surface area contributed by atoms with Crippen LogP contribution in [0.1, 0.15) is 5.56 Å². The highest BCUT2D eigenvalue weighted by atomic mass is 32.1. The predicted molar refractivity (Wildman–Crippen MR) is 116 cm³/mol. The van der Waals surface area contributed by atoms with Crippen LogP contribution < -0.4 is 10.1 Å². The quantitative estimate of drug-likeness (QED) is 0.499. The maximum atomic E-state index is 12.6. The summed E-state index contributed by atoms with van der Waals surface area (Å²) in [6.45, 7) is 0. The second kappa shape index (κ2) is 7.53. The van der Waals surface area contributed by atoms with Crippen LogP contribution in [-0.2, 0) is 11.2 Å². The Morgan fingerprint density at radius 3 is 2.38 bits per heavy atom. The van der Waals surface area contributed by atoms with Gasteiger partial charge >= 0.3 is 0 Å². The van der Waals surface area contributed by atoms with Crippen molar-refractivity contribution in [3.8, 4) is 28.1 Å². The third-order valence-corrected chi connectivity index (χ3v) is 5.72. The Morgan fingerprint density at radius 2 is 1.59 bits per heavy atom. The van der Waals surface area contributed by atoms with Gasteiger partial charge in [-0.2, -0.15) is 0 Å². The second-order valence-corrected chi connectivity index (χ2v) is 7.75. The minimum Gasteiger partial charge on any atom is -0.480 e. The smallest absolute Gasteiger partial charge is 0.267 e. The maximum Gasteiger partial charge on any atom is 0.267 e. The maximum absolute atomic E-state index is 12.6. The number of nitrogens with zero attached hydrogens (tertiary/aromatic N) is 1. The molecule has 1 unspecified atom stereocenters. The number of hydrogen-bond acceptors (Lipinski definition) is 4. The van der Waals surface area contributed by atoms with Gasteiger partial charge in [-0.25, -0.2) is 4.98 Å². The predicted octanol–water partition coefficient (Wildman–Crippen LogP) is 5.42. The Kier molecular flexibility index (Phi) is 4.58. The van der Waals surface area contributed by atoms with Crippen LogP contribution in [0.2, 0.25) is 0 Å². The molecule has 0 spiro atoms. The zero-order valence-corrected chi connectivity index (χ0v) is 16.4. The summed E-state index contributed by atoms with van der Waals surface area (Å²) >= 11 is 1.42. The Balaban J connectivity index is 1.27. The molecule has 1 aliphatic rings. The van der Waals surface area contributed by atoms with E-state index in [9.17, 15) is 4.79 Å². The minimum atomic E-state index is -0.509. The molecule has 5 rings (SSSR count). The number of aromatic nitrogens is 1. The zero-order chi connectivity index (χ0) is 19.6. The second-order valence-electron chi connectivity index (χ2n) is 6.89. The molecule has 3 aromatic carbocycles. The minimum absolute atomic E-state index is 0.165. The van der Waals surface area contributed by atoms with Crippen molar-refractivity contribution in [1.29, 1.82) is 0 Å². The van der Waals surface area contributed by atoms with Gasteiger partial charge in [0.25, 0.3) is 5.91 Å². The van der Waals surface area contributed by atoms with Crippen molar-refractivity contribution in [3.63, 3.8) is 0 Å². The lowest BCUT2D eigenvalue weighted by Crippen LogP contribution is -2.31. The molecule has 5 heteroatoms. The Hall–Kier alpha value is -3.44. The molecule has 0 saturated carbocycles. The number of amides is 1. The molecule has 4 aromatic rings. The first kappa shape index (κ1) is 17.6. The van der Waals surface area contributed by atoms with Crippen LogP contribution in [0.5, 0.6) is 5.75 Å². The van der Waals surface area contributed by atoms with Crippen LogP contribution in [0, 0.1) is 0 Å². The SMILES string of the molecule is O=C(Nc1nc(-c2ccc(-c3ccccc3)cc2)cs1)C1Cc2ccccc2O1. The number of fused-ring (bicyclic) bond motifs is 1. The fraction of sp³-hybridized carbons (Fsp3) is 0.0833. The van der Waals surface area contributed by atoms with Crippen molar-refractivity contribution >= 4 is 22.4 Å². The zero-order valence-electron chi connectivity index (χ0n) is 15.5. The van der Waals surface area contributed by atoms with Crippen LogP contribution in [0.25, 0.3) is 22.4 Å². The summed E-state index contributed by atoms with van der Waals surface area (Å²) in [6, 6.07) is 26.3. The molecule has 29 heavy (non-hydrogen) atoms. The van der Waals surface area contributed by atoms with Crippen LogP contribution >= 0.6 is 11.3 Å². The van der Waals surface area contributed by atoms with E-state index in [1.165, 1.54) is 16.9 Å². The van der Waals surface area contributed by atoms with Gasteiger partial charge in [-0.05, 0) is 22.8 Å². The van der Waals surface area contributed by atoms with Crippen molar-refractivity contribution in [3.05, 3.63) is 89.8 Å². The molecule has 1 atom stereocenters.